The molecular formula is C39H49F2N5O2. The topological polar surface area (TPSA) is 86.2 Å². The van der Waals surface area contributed by atoms with Crippen molar-refractivity contribution in [1.29, 1.82) is 0 Å². The number of hydrogen-bond donors (Lipinski definition) is 2. The van der Waals surface area contributed by atoms with Gasteiger partial charge in [-0.05, 0) is 105 Å². The molecule has 0 radical (unpaired) electrons. The van der Waals surface area contributed by atoms with Crippen LogP contribution in [-0.4, -0.2) is 62.0 Å². The van der Waals surface area contributed by atoms with Crippen molar-refractivity contribution < 1.29 is 18.4 Å². The van der Waals surface area contributed by atoms with Gasteiger partial charge in [0.15, 0.2) is 0 Å². The number of aryl methyl sites for hydroxylation is 1. The van der Waals surface area contributed by atoms with Crippen molar-refractivity contribution in [3.8, 4) is 0 Å². The first-order valence-corrected chi connectivity index (χ1v) is 17.1. The highest BCUT2D eigenvalue weighted by atomic mass is 19.1. The third-order valence-electron chi connectivity index (χ3n) is 9.69. The van der Waals surface area contributed by atoms with Gasteiger partial charge in [-0.25, -0.2) is 9.38 Å². The Kier molecular flexibility index (Phi) is 13.1. The maximum absolute atomic E-state index is 13.3. The molecule has 1 unspecified atom stereocenters. The summed E-state index contributed by atoms with van der Waals surface area (Å²) in [5, 5.41) is 6.59. The molecule has 2 aliphatic carbocycles. The van der Waals surface area contributed by atoms with E-state index in [9.17, 15) is 18.4 Å². The van der Waals surface area contributed by atoms with E-state index in [1.807, 2.05) is 24.8 Å². The summed E-state index contributed by atoms with van der Waals surface area (Å²) in [6.07, 6.45) is 18.0. The summed E-state index contributed by atoms with van der Waals surface area (Å²) in [7, 11) is 0.500. The Morgan fingerprint density at radius 2 is 1.79 bits per heavy atom. The van der Waals surface area contributed by atoms with Gasteiger partial charge in [0.05, 0.1) is 23.8 Å². The SMILES string of the molecule is C=Nc1cc2c(cc1/C=C/CN1CCCNC3(CCCC3)C1=O)CCC1(C2)C(=O)NC2=C1CC=CC=N2.CC.CF.Fc1ccccc1. The zero-order chi connectivity index (χ0) is 34.6. The van der Waals surface area contributed by atoms with Gasteiger partial charge in [-0.3, -0.25) is 19.0 Å². The van der Waals surface area contributed by atoms with Crippen molar-refractivity contribution >= 4 is 36.5 Å². The summed E-state index contributed by atoms with van der Waals surface area (Å²) < 4.78 is 21.4. The minimum Gasteiger partial charge on any atom is -0.337 e. The van der Waals surface area contributed by atoms with E-state index in [0.29, 0.717) is 20.1 Å². The van der Waals surface area contributed by atoms with Crippen molar-refractivity contribution in [2.75, 3.05) is 26.8 Å². The van der Waals surface area contributed by atoms with Crippen molar-refractivity contribution in [2.45, 2.75) is 77.2 Å². The van der Waals surface area contributed by atoms with Crippen LogP contribution in [0.5, 0.6) is 0 Å². The fourth-order valence-corrected chi connectivity index (χ4v) is 7.35. The lowest BCUT2D eigenvalue weighted by Gasteiger charge is -2.35. The lowest BCUT2D eigenvalue weighted by atomic mass is 9.66. The molecule has 3 aliphatic heterocycles. The molecule has 7 nitrogen and oxygen atoms in total. The van der Waals surface area contributed by atoms with Crippen LogP contribution in [0.1, 0.15) is 75.5 Å². The molecule has 1 atom stereocenters. The number of hydrogen-bond acceptors (Lipinski definition) is 5. The fourth-order valence-electron chi connectivity index (χ4n) is 7.35. The van der Waals surface area contributed by atoms with E-state index in [4.69, 9.17) is 0 Å². The monoisotopic (exact) mass is 657 g/mol. The second-order valence-electron chi connectivity index (χ2n) is 12.3. The van der Waals surface area contributed by atoms with Crippen LogP contribution < -0.4 is 10.6 Å². The first-order chi connectivity index (χ1) is 23.4. The number of amides is 2. The van der Waals surface area contributed by atoms with Crippen LogP contribution >= 0.6 is 0 Å². The van der Waals surface area contributed by atoms with Crippen molar-refractivity contribution in [1.82, 2.24) is 15.5 Å². The predicted molar refractivity (Wildman–Crippen MR) is 192 cm³/mol. The van der Waals surface area contributed by atoms with Crippen LogP contribution in [0.4, 0.5) is 14.5 Å². The van der Waals surface area contributed by atoms with E-state index in [0.717, 1.165) is 92.7 Å². The number of alkyl halides is 1. The predicted octanol–water partition coefficient (Wildman–Crippen LogP) is 7.45. The summed E-state index contributed by atoms with van der Waals surface area (Å²) in [5.41, 5.74) is 4.45. The van der Waals surface area contributed by atoms with E-state index in [2.05, 4.69) is 57.7 Å². The van der Waals surface area contributed by atoms with E-state index >= 15 is 0 Å². The van der Waals surface area contributed by atoms with Crippen LogP contribution in [0.25, 0.3) is 6.08 Å². The van der Waals surface area contributed by atoms with Crippen molar-refractivity contribution in [2.24, 2.45) is 15.4 Å². The molecule has 1 saturated heterocycles. The maximum atomic E-state index is 13.3. The van der Waals surface area contributed by atoms with Gasteiger partial charge in [0, 0.05) is 24.9 Å². The zero-order valence-corrected chi connectivity index (χ0v) is 28.5. The van der Waals surface area contributed by atoms with Gasteiger partial charge in [-0.2, -0.15) is 0 Å². The van der Waals surface area contributed by atoms with Gasteiger partial charge >= 0.3 is 0 Å². The molecule has 0 bridgehead atoms. The highest BCUT2D eigenvalue weighted by Gasteiger charge is 2.50. The summed E-state index contributed by atoms with van der Waals surface area (Å²) in [5.74, 6) is 0.857. The van der Waals surface area contributed by atoms with Crippen LogP contribution in [0.3, 0.4) is 0 Å². The fraction of sp³-hybridized carbons (Fsp3) is 0.436. The molecule has 9 heteroatoms. The lowest BCUT2D eigenvalue weighted by Crippen LogP contribution is -2.54. The van der Waals surface area contributed by atoms with Gasteiger partial charge in [-0.15, -0.1) is 0 Å². The molecule has 2 aromatic carbocycles. The van der Waals surface area contributed by atoms with Crippen LogP contribution in [0.2, 0.25) is 0 Å². The number of carbonyl (C=O) groups excluding carboxylic acids is 2. The number of carbonyl (C=O) groups is 2. The van der Waals surface area contributed by atoms with Gasteiger partial charge in [0.1, 0.15) is 11.6 Å². The first kappa shape index (κ1) is 36.6. The Balaban J connectivity index is 0.000000411. The molecule has 7 rings (SSSR count). The Morgan fingerprint density at radius 1 is 1.04 bits per heavy atom. The molecule has 2 N–H and O–H groups in total. The number of allylic oxidation sites excluding steroid dienone is 2. The Morgan fingerprint density at radius 3 is 2.48 bits per heavy atom. The Hall–Kier alpha value is -4.24. The molecule has 1 saturated carbocycles. The second-order valence-corrected chi connectivity index (χ2v) is 12.3. The molecule has 0 aromatic heterocycles. The smallest absolute Gasteiger partial charge is 0.243 e. The normalized spacial score (nSPS) is 22.0. The molecule has 256 valence electrons. The minimum atomic E-state index is -0.540. The van der Waals surface area contributed by atoms with Crippen LogP contribution in [0.15, 0.2) is 82.1 Å². The molecule has 2 aromatic rings. The molecule has 3 heterocycles. The van der Waals surface area contributed by atoms with Crippen LogP contribution in [0, 0.1) is 11.2 Å². The molecule has 5 aliphatic rings. The molecule has 2 fully saturated rings. The number of benzene rings is 2. The average molecular weight is 658 g/mol. The zero-order valence-electron chi connectivity index (χ0n) is 28.5. The van der Waals surface area contributed by atoms with E-state index in [-0.39, 0.29) is 23.2 Å². The minimum absolute atomic E-state index is 0.0596. The number of halogens is 2. The third kappa shape index (κ3) is 7.89. The number of fused-ring (bicyclic) bond motifs is 2. The third-order valence-corrected chi connectivity index (χ3v) is 9.69. The number of rotatable bonds is 4. The summed E-state index contributed by atoms with van der Waals surface area (Å²) >= 11 is 0. The van der Waals surface area contributed by atoms with Gasteiger partial charge in [0.2, 0.25) is 11.8 Å². The van der Waals surface area contributed by atoms with Crippen LogP contribution in [-0.2, 0) is 22.4 Å². The highest BCUT2D eigenvalue weighted by molar-refractivity contribution is 5.93. The second kappa shape index (κ2) is 17.2. The summed E-state index contributed by atoms with van der Waals surface area (Å²) in [6, 6.07) is 12.2. The van der Waals surface area contributed by atoms with Gasteiger partial charge in [0.25, 0.3) is 0 Å². The van der Waals surface area contributed by atoms with E-state index in [1.54, 1.807) is 24.4 Å². The average Bonchev–Trinajstić information content (AvgIpc) is 3.55. The van der Waals surface area contributed by atoms with Gasteiger partial charge < -0.3 is 15.5 Å². The molecule has 2 amide bonds. The molecular weight excluding hydrogens is 608 g/mol. The maximum Gasteiger partial charge on any atom is 0.243 e. The quantitative estimate of drug-likeness (QED) is 0.335. The number of nitrogens with one attached hydrogen (secondary N) is 2. The number of nitrogens with zero attached hydrogens (tertiary/aromatic N) is 3. The summed E-state index contributed by atoms with van der Waals surface area (Å²) in [4.78, 5) is 37.3. The lowest BCUT2D eigenvalue weighted by molar-refractivity contribution is -0.136. The van der Waals surface area contributed by atoms with Crippen molar-refractivity contribution in [3.05, 3.63) is 94.6 Å². The molecule has 2 spiro atoms. The Bertz CT molecular complexity index is 1560. The largest absolute Gasteiger partial charge is 0.337 e. The highest BCUT2D eigenvalue weighted by Crippen LogP contribution is 2.48. The van der Waals surface area contributed by atoms with E-state index < -0.39 is 5.41 Å². The first-order valence-electron chi connectivity index (χ1n) is 17.1. The van der Waals surface area contributed by atoms with Gasteiger partial charge in [-0.1, -0.05) is 63.1 Å². The molecule has 48 heavy (non-hydrogen) atoms. The Labute approximate surface area is 284 Å². The van der Waals surface area contributed by atoms with E-state index in [1.165, 1.54) is 17.7 Å². The standard InChI is InChI=1S/C30H35N5O2.C6H5F.C2H6.CH3F/c1-31-25-19-23-20-29(24-9-2-5-14-32-26(24)34-27(29)36)13-10-21(23)18-22(25)8-6-16-35-17-7-15-33-30(28(35)37)11-3-4-12-30;7-6-4-2-1-3-5-6;2*1-2/h2,5-6,8,14,18-19,33H,1,3-4,7,9-13,15-17,20H2,(H,34,36);1-5H;1-2H3;1H3/b8-6+;;;. The van der Waals surface area contributed by atoms with Crippen molar-refractivity contribution in [3.63, 3.8) is 0 Å². The number of aliphatic imine (C=N–C) groups is 2. The summed E-state index contributed by atoms with van der Waals surface area (Å²) in [6.45, 7) is 10.1.